The third-order valence-electron chi connectivity index (χ3n) is 3.94. The molecule has 0 fully saturated rings. The molecule has 0 bridgehead atoms. The monoisotopic (exact) mass is 255 g/mol. The predicted octanol–water partition coefficient (Wildman–Crippen LogP) is 3.93. The zero-order chi connectivity index (χ0) is 13.6. The van der Waals surface area contributed by atoms with E-state index in [0.29, 0.717) is 12.1 Å². The van der Waals surface area contributed by atoms with E-state index in [1.54, 1.807) is 0 Å². The lowest BCUT2D eigenvalue weighted by Gasteiger charge is -2.27. The van der Waals surface area contributed by atoms with Gasteiger partial charge < -0.3 is 9.88 Å². The van der Waals surface area contributed by atoms with E-state index in [1.165, 1.54) is 16.7 Å². The van der Waals surface area contributed by atoms with Crippen LogP contribution in [-0.4, -0.2) is 15.6 Å². The average molecular weight is 255 g/mol. The highest BCUT2D eigenvalue weighted by Gasteiger charge is 2.22. The van der Waals surface area contributed by atoms with Crippen LogP contribution >= 0.6 is 0 Å². The van der Waals surface area contributed by atoms with E-state index in [0.717, 1.165) is 18.1 Å². The smallest absolute Gasteiger partial charge is 0.203 e. The van der Waals surface area contributed by atoms with Crippen LogP contribution in [0.2, 0.25) is 0 Å². The second-order valence-corrected chi connectivity index (χ2v) is 5.81. The molecule has 1 aromatic heterocycles. The van der Waals surface area contributed by atoms with Gasteiger partial charge in [-0.3, -0.25) is 0 Å². The Bertz CT molecular complexity index is 612. The van der Waals surface area contributed by atoms with Gasteiger partial charge in [-0.1, -0.05) is 23.8 Å². The number of hydrogen-bond acceptors (Lipinski definition) is 2. The Hall–Kier alpha value is -1.77. The lowest BCUT2D eigenvalue weighted by atomic mass is 10.0. The van der Waals surface area contributed by atoms with E-state index < -0.39 is 0 Å². The molecule has 1 aliphatic heterocycles. The summed E-state index contributed by atoms with van der Waals surface area (Å²) in [4.78, 5) is 4.76. The Balaban J connectivity index is 2.05. The molecular weight excluding hydrogens is 234 g/mol. The lowest BCUT2D eigenvalue weighted by molar-refractivity contribution is 0.449. The average Bonchev–Trinajstić information content (AvgIpc) is 2.72. The molecule has 2 aromatic rings. The van der Waals surface area contributed by atoms with Gasteiger partial charge in [0.2, 0.25) is 5.95 Å². The molecule has 1 N–H and O–H groups in total. The van der Waals surface area contributed by atoms with Crippen molar-refractivity contribution in [2.45, 2.75) is 46.2 Å². The van der Waals surface area contributed by atoms with Crippen molar-refractivity contribution >= 4 is 5.95 Å². The summed E-state index contributed by atoms with van der Waals surface area (Å²) in [5.74, 6) is 1.00. The highest BCUT2D eigenvalue weighted by Crippen LogP contribution is 2.31. The number of imidazole rings is 1. The van der Waals surface area contributed by atoms with Crippen molar-refractivity contribution < 1.29 is 0 Å². The first-order valence-corrected chi connectivity index (χ1v) is 6.97. The fourth-order valence-electron chi connectivity index (χ4n) is 2.97. The molecule has 2 atom stereocenters. The number of hydrogen-bond donors (Lipinski definition) is 1. The molecule has 0 radical (unpaired) electrons. The summed E-state index contributed by atoms with van der Waals surface area (Å²) in [6.45, 7) is 8.75. The SMILES string of the molecule is Cc1ccc(-c2cn3c(n2)NC(C)CC3C)c(C)c1. The highest BCUT2D eigenvalue weighted by molar-refractivity contribution is 5.65. The number of aryl methyl sites for hydroxylation is 2. The van der Waals surface area contributed by atoms with Gasteiger partial charge in [-0.15, -0.1) is 0 Å². The summed E-state index contributed by atoms with van der Waals surface area (Å²) in [5, 5.41) is 3.46. The Kier molecular flexibility index (Phi) is 2.85. The second-order valence-electron chi connectivity index (χ2n) is 5.81. The summed E-state index contributed by atoms with van der Waals surface area (Å²) in [6.07, 6.45) is 3.33. The van der Waals surface area contributed by atoms with E-state index in [1.807, 2.05) is 0 Å². The third-order valence-corrected chi connectivity index (χ3v) is 3.94. The topological polar surface area (TPSA) is 29.9 Å². The van der Waals surface area contributed by atoms with Gasteiger partial charge in [0, 0.05) is 23.8 Å². The van der Waals surface area contributed by atoms with Crippen LogP contribution in [0.3, 0.4) is 0 Å². The minimum atomic E-state index is 0.497. The Morgan fingerprint density at radius 1 is 1.26 bits per heavy atom. The maximum atomic E-state index is 4.76. The van der Waals surface area contributed by atoms with Crippen LogP contribution in [0.15, 0.2) is 24.4 Å². The van der Waals surface area contributed by atoms with Crippen molar-refractivity contribution in [3.63, 3.8) is 0 Å². The van der Waals surface area contributed by atoms with E-state index in [4.69, 9.17) is 4.98 Å². The van der Waals surface area contributed by atoms with Crippen molar-refractivity contribution in [1.29, 1.82) is 0 Å². The molecule has 2 unspecified atom stereocenters. The third kappa shape index (κ3) is 2.14. The highest BCUT2D eigenvalue weighted by atomic mass is 15.2. The Morgan fingerprint density at radius 3 is 2.79 bits per heavy atom. The second kappa shape index (κ2) is 4.41. The number of rotatable bonds is 1. The zero-order valence-corrected chi connectivity index (χ0v) is 12.1. The number of nitrogens with one attached hydrogen (secondary N) is 1. The van der Waals surface area contributed by atoms with Crippen LogP contribution in [0.25, 0.3) is 11.3 Å². The van der Waals surface area contributed by atoms with Gasteiger partial charge in [0.05, 0.1) is 5.69 Å². The molecule has 2 heterocycles. The van der Waals surface area contributed by atoms with Crippen molar-refractivity contribution in [2.24, 2.45) is 0 Å². The van der Waals surface area contributed by atoms with Gasteiger partial charge in [-0.25, -0.2) is 4.98 Å². The van der Waals surface area contributed by atoms with Crippen molar-refractivity contribution in [1.82, 2.24) is 9.55 Å². The van der Waals surface area contributed by atoms with Gasteiger partial charge in [-0.05, 0) is 39.7 Å². The largest absolute Gasteiger partial charge is 0.353 e. The van der Waals surface area contributed by atoms with E-state index in [2.05, 4.69) is 62.0 Å². The van der Waals surface area contributed by atoms with Crippen LogP contribution in [0.4, 0.5) is 5.95 Å². The summed E-state index contributed by atoms with van der Waals surface area (Å²) in [6, 6.07) is 7.55. The number of aromatic nitrogens is 2. The van der Waals surface area contributed by atoms with Gasteiger partial charge >= 0.3 is 0 Å². The maximum absolute atomic E-state index is 4.76. The van der Waals surface area contributed by atoms with Gasteiger partial charge in [0.15, 0.2) is 0 Å². The number of nitrogens with zero attached hydrogens (tertiary/aromatic N) is 2. The normalized spacial score (nSPS) is 21.9. The standard InChI is InChI=1S/C16H21N3/c1-10-5-6-14(11(2)7-10)15-9-19-13(4)8-12(3)17-16(19)18-15/h5-7,9,12-13H,8H2,1-4H3,(H,17,18). The molecule has 0 aliphatic carbocycles. The van der Waals surface area contributed by atoms with E-state index in [-0.39, 0.29) is 0 Å². The van der Waals surface area contributed by atoms with Gasteiger partial charge in [0.25, 0.3) is 0 Å². The number of benzene rings is 1. The molecule has 0 amide bonds. The molecule has 3 heteroatoms. The van der Waals surface area contributed by atoms with Crippen LogP contribution in [0.5, 0.6) is 0 Å². The summed E-state index contributed by atoms with van der Waals surface area (Å²) in [5.41, 5.74) is 4.89. The zero-order valence-electron chi connectivity index (χ0n) is 12.1. The van der Waals surface area contributed by atoms with Crippen LogP contribution in [-0.2, 0) is 0 Å². The molecule has 1 aliphatic rings. The van der Waals surface area contributed by atoms with E-state index in [9.17, 15) is 0 Å². The van der Waals surface area contributed by atoms with Gasteiger partial charge in [-0.2, -0.15) is 0 Å². The van der Waals surface area contributed by atoms with Crippen LogP contribution < -0.4 is 5.32 Å². The fraction of sp³-hybridized carbons (Fsp3) is 0.438. The molecule has 3 rings (SSSR count). The predicted molar refractivity (Wildman–Crippen MR) is 79.5 cm³/mol. The maximum Gasteiger partial charge on any atom is 0.203 e. The van der Waals surface area contributed by atoms with Crippen LogP contribution in [0.1, 0.15) is 37.4 Å². The number of fused-ring (bicyclic) bond motifs is 1. The molecule has 19 heavy (non-hydrogen) atoms. The molecule has 0 spiro atoms. The van der Waals surface area contributed by atoms with Crippen molar-refractivity contribution in [2.75, 3.05) is 5.32 Å². The molecule has 0 saturated heterocycles. The van der Waals surface area contributed by atoms with Crippen molar-refractivity contribution in [3.05, 3.63) is 35.5 Å². The molecule has 1 aromatic carbocycles. The van der Waals surface area contributed by atoms with E-state index >= 15 is 0 Å². The first-order chi connectivity index (χ1) is 9.04. The van der Waals surface area contributed by atoms with Crippen LogP contribution in [0, 0.1) is 13.8 Å². The lowest BCUT2D eigenvalue weighted by Crippen LogP contribution is -2.28. The first-order valence-electron chi connectivity index (χ1n) is 6.97. The fourth-order valence-corrected chi connectivity index (χ4v) is 2.97. The summed E-state index contributed by atoms with van der Waals surface area (Å²) < 4.78 is 2.26. The minimum Gasteiger partial charge on any atom is -0.353 e. The molecular formula is C16H21N3. The summed E-state index contributed by atoms with van der Waals surface area (Å²) >= 11 is 0. The van der Waals surface area contributed by atoms with Gasteiger partial charge in [0.1, 0.15) is 0 Å². The molecule has 100 valence electrons. The number of anilines is 1. The van der Waals surface area contributed by atoms with Crippen molar-refractivity contribution in [3.8, 4) is 11.3 Å². The first kappa shape index (κ1) is 12.3. The quantitative estimate of drug-likeness (QED) is 0.836. The Morgan fingerprint density at radius 2 is 2.05 bits per heavy atom. The summed E-state index contributed by atoms with van der Waals surface area (Å²) in [7, 11) is 0. The molecule has 3 nitrogen and oxygen atoms in total. The molecule has 0 saturated carbocycles. The Labute approximate surface area is 114 Å². The minimum absolute atomic E-state index is 0.497.